The lowest BCUT2D eigenvalue weighted by atomic mass is 9.60. The molecule has 0 aliphatic heterocycles. The van der Waals surface area contributed by atoms with E-state index in [0.717, 1.165) is 11.6 Å². The fourth-order valence-electron chi connectivity index (χ4n) is 2.88. The summed E-state index contributed by atoms with van der Waals surface area (Å²) in [7, 11) is 0. The summed E-state index contributed by atoms with van der Waals surface area (Å²) in [5, 5.41) is 4.93. The number of benzene rings is 1. The largest absolute Gasteiger partial charge is 0.314 e. The Morgan fingerprint density at radius 1 is 1.33 bits per heavy atom. The molecule has 1 aliphatic rings. The highest BCUT2D eigenvalue weighted by atomic mass is 35.5. The number of likely N-dealkylation sites (N-methyl/N-ethyl adjacent to an activating group) is 1. The zero-order chi connectivity index (χ0) is 12.5. The second-order valence-electron chi connectivity index (χ2n) is 4.89. The van der Waals surface area contributed by atoms with Crippen LogP contribution in [-0.2, 0) is 5.41 Å². The van der Waals surface area contributed by atoms with Crippen LogP contribution in [0.1, 0.15) is 38.7 Å². The minimum Gasteiger partial charge on any atom is -0.314 e. The molecule has 0 amide bonds. The Hall–Kier alpha value is 0.0500. The van der Waals surface area contributed by atoms with E-state index < -0.39 is 0 Å². The van der Waals surface area contributed by atoms with E-state index in [4.69, 9.17) is 23.2 Å². The molecule has 0 bridgehead atoms. The average molecular weight is 309 g/mol. The molecule has 1 unspecified atom stereocenters. The van der Waals surface area contributed by atoms with Crippen LogP contribution in [0.3, 0.4) is 0 Å². The van der Waals surface area contributed by atoms with Crippen molar-refractivity contribution >= 4 is 35.6 Å². The fourth-order valence-corrected chi connectivity index (χ4v) is 3.37. The Morgan fingerprint density at radius 2 is 2.00 bits per heavy atom. The minimum atomic E-state index is 0. The first-order valence-corrected chi connectivity index (χ1v) is 7.05. The molecule has 4 heteroatoms. The summed E-state index contributed by atoms with van der Waals surface area (Å²) in [6, 6.07) is 6.43. The second-order valence-corrected chi connectivity index (χ2v) is 5.68. The van der Waals surface area contributed by atoms with Gasteiger partial charge in [0.25, 0.3) is 0 Å². The number of hydrogen-bond acceptors (Lipinski definition) is 1. The summed E-state index contributed by atoms with van der Waals surface area (Å²) in [6.07, 6.45) is 3.67. The topological polar surface area (TPSA) is 12.0 Å². The molecule has 1 aromatic rings. The summed E-state index contributed by atoms with van der Waals surface area (Å²) in [5.74, 6) is 0. The van der Waals surface area contributed by atoms with Crippen LogP contribution < -0.4 is 5.32 Å². The summed E-state index contributed by atoms with van der Waals surface area (Å²) in [5.41, 5.74) is 1.39. The summed E-state index contributed by atoms with van der Waals surface area (Å²) in [6.45, 7) is 5.38. The average Bonchev–Trinajstić information content (AvgIpc) is 2.23. The van der Waals surface area contributed by atoms with Gasteiger partial charge < -0.3 is 5.32 Å². The zero-order valence-corrected chi connectivity index (χ0v) is 13.1. The van der Waals surface area contributed by atoms with Crippen molar-refractivity contribution in [2.45, 2.75) is 44.6 Å². The second kappa shape index (κ2) is 6.47. The molecule has 1 saturated carbocycles. The van der Waals surface area contributed by atoms with Gasteiger partial charge in [0, 0.05) is 11.5 Å². The third-order valence-corrected chi connectivity index (χ3v) is 4.89. The van der Waals surface area contributed by atoms with E-state index in [0.29, 0.717) is 11.1 Å². The molecule has 1 aliphatic carbocycles. The van der Waals surface area contributed by atoms with Crippen LogP contribution in [0.15, 0.2) is 18.2 Å². The van der Waals surface area contributed by atoms with Crippen LogP contribution >= 0.6 is 35.6 Å². The molecule has 102 valence electrons. The van der Waals surface area contributed by atoms with Crippen molar-refractivity contribution in [3.63, 3.8) is 0 Å². The van der Waals surface area contributed by atoms with Gasteiger partial charge >= 0.3 is 0 Å². The third kappa shape index (κ3) is 2.65. The molecule has 0 aromatic heterocycles. The van der Waals surface area contributed by atoms with Gasteiger partial charge in [-0.05, 0) is 37.9 Å². The number of nitrogens with one attached hydrogen (secondary N) is 1. The Kier molecular flexibility index (Phi) is 5.79. The van der Waals surface area contributed by atoms with Crippen LogP contribution in [0.4, 0.5) is 0 Å². The van der Waals surface area contributed by atoms with Crippen molar-refractivity contribution in [2.24, 2.45) is 0 Å². The molecular formula is C14H20Cl3N. The smallest absolute Gasteiger partial charge is 0.0630 e. The van der Waals surface area contributed by atoms with Crippen molar-refractivity contribution < 1.29 is 0 Å². The van der Waals surface area contributed by atoms with E-state index >= 15 is 0 Å². The Balaban J connectivity index is 0.00000162. The van der Waals surface area contributed by atoms with E-state index in [9.17, 15) is 0 Å². The number of hydrogen-bond donors (Lipinski definition) is 1. The number of halogens is 3. The predicted octanol–water partition coefficient (Wildman–Crippen LogP) is 4.83. The van der Waals surface area contributed by atoms with Crippen molar-refractivity contribution in [3.8, 4) is 0 Å². The molecule has 1 aromatic carbocycles. The lowest BCUT2D eigenvalue weighted by Crippen LogP contribution is -2.51. The normalized spacial score (nSPS) is 18.7. The number of rotatable bonds is 4. The molecule has 0 heterocycles. The Morgan fingerprint density at radius 3 is 2.50 bits per heavy atom. The summed E-state index contributed by atoms with van der Waals surface area (Å²) in [4.78, 5) is 0. The van der Waals surface area contributed by atoms with E-state index in [-0.39, 0.29) is 17.8 Å². The maximum atomic E-state index is 6.37. The van der Waals surface area contributed by atoms with Gasteiger partial charge in [-0.1, -0.05) is 48.7 Å². The fraction of sp³-hybridized carbons (Fsp3) is 0.571. The SMILES string of the molecule is CCNC(C)C1(c2cccc(Cl)c2Cl)CCC1.Cl. The molecule has 1 atom stereocenters. The highest BCUT2D eigenvalue weighted by molar-refractivity contribution is 6.42. The highest BCUT2D eigenvalue weighted by Crippen LogP contribution is 2.49. The molecule has 0 spiro atoms. The van der Waals surface area contributed by atoms with E-state index in [2.05, 4.69) is 25.2 Å². The van der Waals surface area contributed by atoms with Crippen LogP contribution in [0.2, 0.25) is 10.0 Å². The lowest BCUT2D eigenvalue weighted by molar-refractivity contribution is 0.181. The first kappa shape index (κ1) is 16.1. The maximum Gasteiger partial charge on any atom is 0.0630 e. The first-order valence-electron chi connectivity index (χ1n) is 6.29. The van der Waals surface area contributed by atoms with Crippen LogP contribution in [-0.4, -0.2) is 12.6 Å². The molecule has 1 nitrogen and oxygen atoms in total. The molecule has 2 rings (SSSR count). The van der Waals surface area contributed by atoms with Gasteiger partial charge in [-0.15, -0.1) is 12.4 Å². The van der Waals surface area contributed by atoms with Gasteiger partial charge in [0.15, 0.2) is 0 Å². The van der Waals surface area contributed by atoms with Gasteiger partial charge in [-0.2, -0.15) is 0 Å². The van der Waals surface area contributed by atoms with E-state index in [1.807, 2.05) is 12.1 Å². The summed E-state index contributed by atoms with van der Waals surface area (Å²) >= 11 is 12.5. The molecule has 0 saturated heterocycles. The molecule has 18 heavy (non-hydrogen) atoms. The predicted molar refractivity (Wildman–Crippen MR) is 82.4 cm³/mol. The van der Waals surface area contributed by atoms with Crippen molar-refractivity contribution in [3.05, 3.63) is 33.8 Å². The minimum absolute atomic E-state index is 0. The lowest BCUT2D eigenvalue weighted by Gasteiger charge is -2.48. The van der Waals surface area contributed by atoms with Crippen molar-refractivity contribution in [1.82, 2.24) is 5.32 Å². The van der Waals surface area contributed by atoms with Crippen LogP contribution in [0, 0.1) is 0 Å². The highest BCUT2D eigenvalue weighted by Gasteiger charge is 2.44. The quantitative estimate of drug-likeness (QED) is 0.839. The van der Waals surface area contributed by atoms with Crippen LogP contribution in [0.25, 0.3) is 0 Å². The summed E-state index contributed by atoms with van der Waals surface area (Å²) < 4.78 is 0. The molecular weight excluding hydrogens is 289 g/mol. The molecule has 0 radical (unpaired) electrons. The third-order valence-electron chi connectivity index (χ3n) is 4.07. The van der Waals surface area contributed by atoms with Crippen molar-refractivity contribution in [1.29, 1.82) is 0 Å². The van der Waals surface area contributed by atoms with E-state index in [1.54, 1.807) is 0 Å². The zero-order valence-electron chi connectivity index (χ0n) is 10.8. The Labute approximate surface area is 126 Å². The van der Waals surface area contributed by atoms with Gasteiger partial charge in [0.2, 0.25) is 0 Å². The molecule has 1 N–H and O–H groups in total. The van der Waals surface area contributed by atoms with E-state index in [1.165, 1.54) is 24.8 Å². The van der Waals surface area contributed by atoms with Gasteiger partial charge in [0.05, 0.1) is 10.0 Å². The van der Waals surface area contributed by atoms with Gasteiger partial charge in [0.1, 0.15) is 0 Å². The Bertz CT molecular complexity index is 402. The van der Waals surface area contributed by atoms with Gasteiger partial charge in [-0.3, -0.25) is 0 Å². The monoisotopic (exact) mass is 307 g/mol. The maximum absolute atomic E-state index is 6.37. The first-order chi connectivity index (χ1) is 8.12. The van der Waals surface area contributed by atoms with Gasteiger partial charge in [-0.25, -0.2) is 0 Å². The standard InChI is InChI=1S/C14H19Cl2N.ClH/c1-3-17-10(2)14(8-5-9-14)11-6-4-7-12(15)13(11)16;/h4,6-7,10,17H,3,5,8-9H2,1-2H3;1H. The van der Waals surface area contributed by atoms with Crippen molar-refractivity contribution in [2.75, 3.05) is 6.54 Å². The molecule has 1 fully saturated rings. The van der Waals surface area contributed by atoms with Crippen LogP contribution in [0.5, 0.6) is 0 Å².